The number of aromatic nitrogens is 2. The molecule has 3 heterocycles. The molecular weight excluding hydrogens is 304 g/mol. The Kier molecular flexibility index (Phi) is 4.83. The molecule has 1 aliphatic rings. The summed E-state index contributed by atoms with van der Waals surface area (Å²) < 4.78 is 5.20. The van der Waals surface area contributed by atoms with E-state index < -0.39 is 0 Å². The third-order valence-electron chi connectivity index (χ3n) is 4.54. The van der Waals surface area contributed by atoms with Gasteiger partial charge in [-0.1, -0.05) is 12.1 Å². The van der Waals surface area contributed by atoms with Crippen molar-refractivity contribution in [2.75, 3.05) is 32.1 Å². The number of hydrogen-bond donors (Lipinski definition) is 0. The molecule has 2 aromatic heterocycles. The van der Waals surface area contributed by atoms with Gasteiger partial charge >= 0.3 is 0 Å². The van der Waals surface area contributed by atoms with Crippen LogP contribution in [0.5, 0.6) is 0 Å². The van der Waals surface area contributed by atoms with Gasteiger partial charge in [-0.3, -0.25) is 4.79 Å². The normalized spacial score (nSPS) is 17.8. The summed E-state index contributed by atoms with van der Waals surface area (Å²) in [5.41, 5.74) is 2.05. The topological polar surface area (TPSA) is 62.5 Å². The quantitative estimate of drug-likeness (QED) is 0.863. The van der Waals surface area contributed by atoms with E-state index in [-0.39, 0.29) is 5.91 Å². The van der Waals surface area contributed by atoms with Crippen molar-refractivity contribution in [3.8, 4) is 0 Å². The Morgan fingerprint density at radius 3 is 2.96 bits per heavy atom. The summed E-state index contributed by atoms with van der Waals surface area (Å²) in [6.07, 6.45) is 4.68. The second-order valence-electron chi connectivity index (χ2n) is 6.47. The number of pyridine rings is 1. The summed E-state index contributed by atoms with van der Waals surface area (Å²) >= 11 is 0. The lowest BCUT2D eigenvalue weighted by molar-refractivity contribution is 0.0665. The van der Waals surface area contributed by atoms with Gasteiger partial charge in [-0.05, 0) is 37.0 Å². The fourth-order valence-corrected chi connectivity index (χ4v) is 3.10. The molecule has 1 fully saturated rings. The number of carbonyl (C=O) groups is 1. The number of likely N-dealkylation sites (tertiary alicyclic amines) is 1. The van der Waals surface area contributed by atoms with Gasteiger partial charge in [0.15, 0.2) is 0 Å². The number of amides is 1. The fourth-order valence-electron chi connectivity index (χ4n) is 3.10. The number of anilines is 1. The largest absolute Gasteiger partial charge is 0.363 e. The van der Waals surface area contributed by atoms with Gasteiger partial charge in [-0.15, -0.1) is 0 Å². The molecule has 0 saturated carbocycles. The van der Waals surface area contributed by atoms with Gasteiger partial charge in [0.1, 0.15) is 5.82 Å². The Labute approximate surface area is 142 Å². The number of aryl methyl sites for hydroxylation is 1. The minimum absolute atomic E-state index is 0.0613. The van der Waals surface area contributed by atoms with E-state index in [0.717, 1.165) is 37.3 Å². The molecule has 0 N–H and O–H groups in total. The molecule has 2 aromatic rings. The molecule has 6 heteroatoms. The molecule has 24 heavy (non-hydrogen) atoms. The van der Waals surface area contributed by atoms with Crippen LogP contribution in [0, 0.1) is 0 Å². The van der Waals surface area contributed by atoms with Crippen molar-refractivity contribution in [3.63, 3.8) is 0 Å². The minimum Gasteiger partial charge on any atom is -0.363 e. The summed E-state index contributed by atoms with van der Waals surface area (Å²) in [5, 5.41) is 3.92. The lowest BCUT2D eigenvalue weighted by atomic mass is 9.91. The Bertz CT molecular complexity index is 711. The van der Waals surface area contributed by atoms with E-state index in [9.17, 15) is 4.79 Å². The molecule has 0 spiro atoms. The number of piperidine rings is 1. The molecule has 1 amide bonds. The van der Waals surface area contributed by atoms with Crippen LogP contribution in [0.3, 0.4) is 0 Å². The van der Waals surface area contributed by atoms with Crippen LogP contribution in [0.1, 0.15) is 47.5 Å². The highest BCUT2D eigenvalue weighted by molar-refractivity contribution is 5.91. The zero-order chi connectivity index (χ0) is 17.1. The summed E-state index contributed by atoms with van der Waals surface area (Å²) in [5.74, 6) is 1.56. The lowest BCUT2D eigenvalue weighted by Gasteiger charge is -2.32. The second-order valence-corrected chi connectivity index (χ2v) is 6.47. The van der Waals surface area contributed by atoms with E-state index in [1.54, 1.807) is 6.07 Å². The average molecular weight is 328 g/mol. The van der Waals surface area contributed by atoms with Crippen LogP contribution >= 0.6 is 0 Å². The molecule has 3 rings (SSSR count). The monoisotopic (exact) mass is 328 g/mol. The molecular formula is C18H24N4O2. The molecule has 1 atom stereocenters. The number of carbonyl (C=O) groups excluding carboxylic acids is 1. The van der Waals surface area contributed by atoms with Gasteiger partial charge in [0.25, 0.3) is 5.91 Å². The summed E-state index contributed by atoms with van der Waals surface area (Å²) in [4.78, 5) is 20.9. The zero-order valence-electron chi connectivity index (χ0n) is 14.5. The van der Waals surface area contributed by atoms with Crippen LogP contribution in [0.15, 0.2) is 28.9 Å². The van der Waals surface area contributed by atoms with Gasteiger partial charge in [0, 0.05) is 45.4 Å². The van der Waals surface area contributed by atoms with Gasteiger partial charge in [0.05, 0.1) is 5.69 Å². The molecule has 0 bridgehead atoms. The predicted molar refractivity (Wildman–Crippen MR) is 92.3 cm³/mol. The third kappa shape index (κ3) is 3.42. The van der Waals surface area contributed by atoms with Crippen LogP contribution in [0.4, 0.5) is 5.82 Å². The summed E-state index contributed by atoms with van der Waals surface area (Å²) in [7, 11) is 3.97. The highest BCUT2D eigenvalue weighted by atomic mass is 16.5. The average Bonchev–Trinajstić information content (AvgIpc) is 3.10. The predicted octanol–water partition coefficient (Wildman–Crippen LogP) is 2.72. The van der Waals surface area contributed by atoms with Gasteiger partial charge in [0.2, 0.25) is 5.76 Å². The van der Waals surface area contributed by atoms with Crippen molar-refractivity contribution in [1.82, 2.24) is 15.0 Å². The first kappa shape index (κ1) is 16.5. The molecule has 0 radical (unpaired) electrons. The van der Waals surface area contributed by atoms with E-state index in [2.05, 4.69) is 22.3 Å². The maximum atomic E-state index is 12.7. The van der Waals surface area contributed by atoms with Crippen molar-refractivity contribution < 1.29 is 9.32 Å². The Balaban J connectivity index is 1.74. The molecule has 0 aromatic carbocycles. The van der Waals surface area contributed by atoms with E-state index in [4.69, 9.17) is 4.52 Å². The van der Waals surface area contributed by atoms with E-state index in [1.165, 1.54) is 5.56 Å². The van der Waals surface area contributed by atoms with Crippen molar-refractivity contribution in [1.29, 1.82) is 0 Å². The maximum absolute atomic E-state index is 12.7. The van der Waals surface area contributed by atoms with Crippen molar-refractivity contribution >= 4 is 11.7 Å². The third-order valence-corrected chi connectivity index (χ3v) is 4.54. The molecule has 1 aliphatic heterocycles. The van der Waals surface area contributed by atoms with Crippen LogP contribution < -0.4 is 4.90 Å². The van der Waals surface area contributed by atoms with Crippen LogP contribution in [-0.2, 0) is 6.42 Å². The van der Waals surface area contributed by atoms with E-state index in [0.29, 0.717) is 18.2 Å². The van der Waals surface area contributed by atoms with Crippen LogP contribution in [0.2, 0.25) is 0 Å². The Morgan fingerprint density at radius 2 is 2.25 bits per heavy atom. The summed E-state index contributed by atoms with van der Waals surface area (Å²) in [6, 6.07) is 5.92. The van der Waals surface area contributed by atoms with Gasteiger partial charge in [-0.2, -0.15) is 0 Å². The molecule has 128 valence electrons. The highest BCUT2D eigenvalue weighted by Crippen LogP contribution is 2.29. The molecule has 1 saturated heterocycles. The zero-order valence-corrected chi connectivity index (χ0v) is 14.5. The van der Waals surface area contributed by atoms with Crippen molar-refractivity contribution in [3.05, 3.63) is 41.4 Å². The second kappa shape index (κ2) is 7.03. The molecule has 0 unspecified atom stereocenters. The Morgan fingerprint density at radius 1 is 1.42 bits per heavy atom. The number of nitrogens with zero attached hydrogens (tertiary/aromatic N) is 4. The Hall–Kier alpha value is -2.37. The van der Waals surface area contributed by atoms with Crippen LogP contribution in [-0.4, -0.2) is 48.1 Å². The van der Waals surface area contributed by atoms with E-state index in [1.807, 2.05) is 37.0 Å². The van der Waals surface area contributed by atoms with E-state index >= 15 is 0 Å². The van der Waals surface area contributed by atoms with Gasteiger partial charge < -0.3 is 14.3 Å². The summed E-state index contributed by atoms with van der Waals surface area (Å²) in [6.45, 7) is 3.47. The number of hydrogen-bond acceptors (Lipinski definition) is 5. The number of rotatable bonds is 4. The SMILES string of the molecule is CCc1cc(C(=O)N2CCC[C@@H](c3ccnc(N(C)C)c3)C2)on1. The highest BCUT2D eigenvalue weighted by Gasteiger charge is 2.27. The van der Waals surface area contributed by atoms with Crippen LogP contribution in [0.25, 0.3) is 0 Å². The maximum Gasteiger partial charge on any atom is 0.292 e. The lowest BCUT2D eigenvalue weighted by Crippen LogP contribution is -2.39. The first-order valence-electron chi connectivity index (χ1n) is 8.46. The first-order valence-corrected chi connectivity index (χ1v) is 8.46. The smallest absolute Gasteiger partial charge is 0.292 e. The first-order chi connectivity index (χ1) is 11.6. The van der Waals surface area contributed by atoms with Crippen molar-refractivity contribution in [2.24, 2.45) is 0 Å². The molecule has 0 aliphatic carbocycles. The van der Waals surface area contributed by atoms with Gasteiger partial charge in [-0.25, -0.2) is 4.98 Å². The minimum atomic E-state index is -0.0613. The van der Waals surface area contributed by atoms with Crippen molar-refractivity contribution in [2.45, 2.75) is 32.1 Å². The standard InChI is InChI=1S/C18H24N4O2/c1-4-15-11-16(24-20-15)18(23)22-9-5-6-14(12-22)13-7-8-19-17(10-13)21(2)3/h7-8,10-11,14H,4-6,9,12H2,1-3H3/t14-/m1/s1. The molecule has 6 nitrogen and oxygen atoms in total. The fraction of sp³-hybridized carbons (Fsp3) is 0.500.